The number of hydrogen-bond donors (Lipinski definition) is 0. The summed E-state index contributed by atoms with van der Waals surface area (Å²) in [7, 11) is -3.60. The average molecular weight is 278 g/mol. The largest absolute Gasteiger partial charge is 0.309 e. The molecule has 0 amide bonds. The lowest BCUT2D eigenvalue weighted by atomic mass is 10.3. The third-order valence-corrected chi connectivity index (χ3v) is 4.74. The van der Waals surface area contributed by atoms with Gasteiger partial charge in [-0.3, -0.25) is 4.79 Å². The van der Waals surface area contributed by atoms with Crippen molar-refractivity contribution < 1.29 is 8.42 Å². The second kappa shape index (κ2) is 4.82. The molecule has 0 N–H and O–H groups in total. The second-order valence-corrected chi connectivity index (χ2v) is 6.76. The summed E-state index contributed by atoms with van der Waals surface area (Å²) in [4.78, 5) is 11.9. The van der Waals surface area contributed by atoms with Gasteiger partial charge < -0.3 is 4.57 Å². The lowest BCUT2D eigenvalue weighted by Crippen LogP contribution is -2.30. The molecule has 0 aliphatic carbocycles. The Kier molecular flexibility index (Phi) is 4.04. The van der Waals surface area contributed by atoms with Gasteiger partial charge in [-0.15, -0.1) is 0 Å². The van der Waals surface area contributed by atoms with E-state index in [0.717, 1.165) is 0 Å². The second-order valence-electron chi connectivity index (χ2n) is 4.14. The van der Waals surface area contributed by atoms with E-state index in [1.807, 2.05) is 13.8 Å². The van der Waals surface area contributed by atoms with E-state index in [1.54, 1.807) is 6.92 Å². The van der Waals surface area contributed by atoms with Gasteiger partial charge in [0.2, 0.25) is 0 Å². The highest BCUT2D eigenvalue weighted by atomic mass is 35.5. The van der Waals surface area contributed by atoms with Gasteiger partial charge in [0.25, 0.3) is 5.56 Å². The topological polar surface area (TPSA) is 56.1 Å². The van der Waals surface area contributed by atoms with Crippen LogP contribution in [0.3, 0.4) is 0 Å². The Bertz CT molecular complexity index is 587. The third-order valence-electron chi connectivity index (χ3n) is 2.55. The number of hydrogen-bond acceptors (Lipinski definition) is 3. The number of rotatable bonds is 3. The monoisotopic (exact) mass is 277 g/mol. The van der Waals surface area contributed by atoms with E-state index >= 15 is 0 Å². The Balaban J connectivity index is 3.77. The summed E-state index contributed by atoms with van der Waals surface area (Å²) >= 11 is 5.88. The highest BCUT2D eigenvalue weighted by molar-refractivity contribution is 7.91. The molecule has 0 spiro atoms. The van der Waals surface area contributed by atoms with Crippen LogP contribution in [0.1, 0.15) is 32.5 Å². The van der Waals surface area contributed by atoms with Crippen LogP contribution in [0.25, 0.3) is 0 Å². The summed E-state index contributed by atoms with van der Waals surface area (Å²) in [5.74, 6) is -0.136. The Hall–Kier alpha value is -0.810. The van der Waals surface area contributed by atoms with Crippen molar-refractivity contribution in [2.24, 2.45) is 0 Å². The van der Waals surface area contributed by atoms with Crippen molar-refractivity contribution in [3.8, 4) is 0 Å². The number of aryl methyl sites for hydroxylation is 1. The van der Waals surface area contributed by atoms with Crippen LogP contribution in [-0.4, -0.2) is 18.7 Å². The maximum Gasteiger partial charge on any atom is 0.271 e. The molecule has 0 bridgehead atoms. The smallest absolute Gasteiger partial charge is 0.271 e. The number of halogens is 1. The van der Waals surface area contributed by atoms with E-state index in [-0.39, 0.29) is 21.7 Å². The van der Waals surface area contributed by atoms with Crippen LogP contribution in [-0.2, 0) is 9.84 Å². The van der Waals surface area contributed by atoms with E-state index in [1.165, 1.54) is 17.6 Å². The van der Waals surface area contributed by atoms with Crippen molar-refractivity contribution in [1.82, 2.24) is 4.57 Å². The Morgan fingerprint density at radius 3 is 2.35 bits per heavy atom. The van der Waals surface area contributed by atoms with Crippen LogP contribution < -0.4 is 5.56 Å². The summed E-state index contributed by atoms with van der Waals surface area (Å²) in [6, 6.07) is 1.41. The van der Waals surface area contributed by atoms with Gasteiger partial charge in [0, 0.05) is 11.7 Å². The van der Waals surface area contributed by atoms with Gasteiger partial charge in [0.15, 0.2) is 14.7 Å². The fourth-order valence-corrected chi connectivity index (χ4v) is 3.36. The minimum Gasteiger partial charge on any atom is -0.309 e. The minimum absolute atomic E-state index is 0.00579. The van der Waals surface area contributed by atoms with Crippen LogP contribution in [0.5, 0.6) is 0 Å². The SMILES string of the molecule is CCS(=O)(=O)c1c(Cl)cc(C)n(C(C)C)c1=O. The molecule has 4 nitrogen and oxygen atoms in total. The molecule has 1 aromatic rings. The van der Waals surface area contributed by atoms with Crippen LogP contribution in [0.15, 0.2) is 15.8 Å². The van der Waals surface area contributed by atoms with E-state index in [4.69, 9.17) is 11.6 Å². The summed E-state index contributed by atoms with van der Waals surface area (Å²) in [5, 5.41) is 0.00579. The summed E-state index contributed by atoms with van der Waals surface area (Å²) in [6.07, 6.45) is 0. The lowest BCUT2D eigenvalue weighted by Gasteiger charge is -2.16. The predicted octanol–water partition coefficient (Wildman–Crippen LogP) is 2.18. The van der Waals surface area contributed by atoms with Gasteiger partial charge >= 0.3 is 0 Å². The molecule has 6 heteroatoms. The quantitative estimate of drug-likeness (QED) is 0.851. The van der Waals surface area contributed by atoms with Gasteiger partial charge in [0.05, 0.1) is 10.8 Å². The van der Waals surface area contributed by atoms with Gasteiger partial charge in [-0.2, -0.15) is 0 Å². The zero-order valence-corrected chi connectivity index (χ0v) is 11.9. The maximum absolute atomic E-state index is 12.2. The molecular formula is C11H16ClNO3S. The number of nitrogens with zero attached hydrogens (tertiary/aromatic N) is 1. The molecule has 0 aliphatic rings. The maximum atomic E-state index is 12.2. The molecule has 0 unspecified atom stereocenters. The average Bonchev–Trinajstić information content (AvgIpc) is 2.15. The normalized spacial score (nSPS) is 12.1. The first-order chi connectivity index (χ1) is 7.72. The third kappa shape index (κ3) is 2.55. The lowest BCUT2D eigenvalue weighted by molar-refractivity contribution is 0.547. The minimum atomic E-state index is -3.60. The first-order valence-electron chi connectivity index (χ1n) is 5.36. The predicted molar refractivity (Wildman–Crippen MR) is 68.6 cm³/mol. The highest BCUT2D eigenvalue weighted by Gasteiger charge is 2.23. The molecule has 1 aromatic heterocycles. The molecule has 17 heavy (non-hydrogen) atoms. The van der Waals surface area contributed by atoms with Crippen LogP contribution >= 0.6 is 11.6 Å². The van der Waals surface area contributed by atoms with Crippen LogP contribution in [0, 0.1) is 6.92 Å². The van der Waals surface area contributed by atoms with Crippen LogP contribution in [0.2, 0.25) is 5.02 Å². The number of aromatic nitrogens is 1. The Morgan fingerprint density at radius 1 is 1.41 bits per heavy atom. The Morgan fingerprint density at radius 2 is 1.94 bits per heavy atom. The molecule has 0 saturated heterocycles. The van der Waals surface area contributed by atoms with Gasteiger partial charge in [0.1, 0.15) is 0 Å². The van der Waals surface area contributed by atoms with E-state index in [0.29, 0.717) is 5.69 Å². The molecule has 96 valence electrons. The summed E-state index contributed by atoms with van der Waals surface area (Å²) in [6.45, 7) is 6.87. The van der Waals surface area contributed by atoms with Gasteiger partial charge in [-0.25, -0.2) is 8.42 Å². The number of pyridine rings is 1. The zero-order chi connectivity index (χ0) is 13.4. The molecule has 1 rings (SSSR count). The van der Waals surface area contributed by atoms with Crippen molar-refractivity contribution in [2.45, 2.75) is 38.6 Å². The van der Waals surface area contributed by atoms with Crippen molar-refractivity contribution in [1.29, 1.82) is 0 Å². The highest BCUT2D eigenvalue weighted by Crippen LogP contribution is 2.21. The molecule has 0 aromatic carbocycles. The molecule has 0 aliphatic heterocycles. The molecule has 1 heterocycles. The summed E-state index contributed by atoms with van der Waals surface area (Å²) in [5.41, 5.74) is 0.122. The molecule has 0 atom stereocenters. The van der Waals surface area contributed by atoms with Crippen molar-refractivity contribution in [3.63, 3.8) is 0 Å². The van der Waals surface area contributed by atoms with E-state index < -0.39 is 15.4 Å². The van der Waals surface area contributed by atoms with Gasteiger partial charge in [-0.1, -0.05) is 18.5 Å². The fraction of sp³-hybridized carbons (Fsp3) is 0.545. The first-order valence-corrected chi connectivity index (χ1v) is 7.39. The standard InChI is InChI=1S/C11H16ClNO3S/c1-5-17(15,16)10-9(12)6-8(4)13(7(2)3)11(10)14/h6-7H,5H2,1-4H3. The fourth-order valence-electron chi connectivity index (χ4n) is 1.76. The summed E-state index contributed by atoms with van der Waals surface area (Å²) < 4.78 is 25.1. The molecule has 0 saturated carbocycles. The van der Waals surface area contributed by atoms with E-state index in [9.17, 15) is 13.2 Å². The van der Waals surface area contributed by atoms with Gasteiger partial charge in [-0.05, 0) is 26.8 Å². The van der Waals surface area contributed by atoms with Crippen molar-refractivity contribution in [2.75, 3.05) is 5.75 Å². The molecule has 0 fully saturated rings. The molecule has 0 radical (unpaired) electrons. The van der Waals surface area contributed by atoms with Crippen LogP contribution in [0.4, 0.5) is 0 Å². The zero-order valence-electron chi connectivity index (χ0n) is 10.3. The van der Waals surface area contributed by atoms with Crippen molar-refractivity contribution >= 4 is 21.4 Å². The Labute approximate surface area is 106 Å². The first kappa shape index (κ1) is 14.3. The van der Waals surface area contributed by atoms with Crippen molar-refractivity contribution in [3.05, 3.63) is 27.1 Å². The molecular weight excluding hydrogens is 262 g/mol. The number of sulfone groups is 1. The van der Waals surface area contributed by atoms with E-state index in [2.05, 4.69) is 0 Å².